The van der Waals surface area contributed by atoms with Crippen LogP contribution in [-0.4, -0.2) is 44.3 Å². The van der Waals surface area contributed by atoms with E-state index in [0.29, 0.717) is 34.7 Å². The van der Waals surface area contributed by atoms with E-state index in [9.17, 15) is 14.4 Å². The molecule has 1 aromatic carbocycles. The van der Waals surface area contributed by atoms with Crippen LogP contribution in [0.15, 0.2) is 40.5 Å². The molecule has 1 aromatic rings. The van der Waals surface area contributed by atoms with Gasteiger partial charge in [-0.25, -0.2) is 4.79 Å². The van der Waals surface area contributed by atoms with E-state index in [0.717, 1.165) is 0 Å². The van der Waals surface area contributed by atoms with Crippen molar-refractivity contribution in [2.75, 3.05) is 20.8 Å². The third kappa shape index (κ3) is 3.64. The van der Waals surface area contributed by atoms with Gasteiger partial charge >= 0.3 is 11.9 Å². The standard InChI is InChI=1S/C23H27NO6/c1-6-30-23(27)18-13(3)24-15-11-12(2)17(22(26)29-5)21(25)20(15)19(18)14-9-7-8-10-16(14)28-4/h7-10,12,17,19-20H,6,11H2,1-5H3/t12-,17-,19+,20-/m1/s1. The number of esters is 2. The third-order valence-corrected chi connectivity index (χ3v) is 5.84. The quantitative estimate of drug-likeness (QED) is 0.544. The maximum atomic E-state index is 13.6. The molecule has 2 aliphatic rings. The van der Waals surface area contributed by atoms with Crippen LogP contribution < -0.4 is 4.74 Å². The number of aliphatic imine (C=N–C) groups is 1. The maximum Gasteiger partial charge on any atom is 0.336 e. The highest BCUT2D eigenvalue weighted by Crippen LogP contribution is 2.47. The van der Waals surface area contributed by atoms with Crippen LogP contribution in [0.5, 0.6) is 5.75 Å². The van der Waals surface area contributed by atoms with Gasteiger partial charge in [0.1, 0.15) is 11.7 Å². The number of ether oxygens (including phenoxy) is 3. The number of hydrogen-bond donors (Lipinski definition) is 0. The topological polar surface area (TPSA) is 91.3 Å². The Morgan fingerprint density at radius 3 is 2.50 bits per heavy atom. The van der Waals surface area contributed by atoms with Crippen molar-refractivity contribution in [1.82, 2.24) is 0 Å². The molecule has 0 amide bonds. The number of allylic oxidation sites excluding steroid dienone is 1. The monoisotopic (exact) mass is 413 g/mol. The van der Waals surface area contributed by atoms with Crippen LogP contribution in [0.2, 0.25) is 0 Å². The summed E-state index contributed by atoms with van der Waals surface area (Å²) in [5.74, 6) is -3.37. The predicted octanol–water partition coefficient (Wildman–Crippen LogP) is 3.08. The number of nitrogens with zero attached hydrogens (tertiary/aromatic N) is 1. The van der Waals surface area contributed by atoms with E-state index in [1.807, 2.05) is 25.1 Å². The second-order valence-electron chi connectivity index (χ2n) is 7.60. The molecule has 0 aromatic heterocycles. The zero-order valence-electron chi connectivity index (χ0n) is 17.9. The number of hydrogen-bond acceptors (Lipinski definition) is 7. The van der Waals surface area contributed by atoms with Gasteiger partial charge in [-0.05, 0) is 32.3 Å². The summed E-state index contributed by atoms with van der Waals surface area (Å²) < 4.78 is 15.7. The fourth-order valence-electron chi connectivity index (χ4n) is 4.57. The van der Waals surface area contributed by atoms with Gasteiger partial charge < -0.3 is 14.2 Å². The molecule has 30 heavy (non-hydrogen) atoms. The molecule has 1 aliphatic heterocycles. The Morgan fingerprint density at radius 1 is 1.17 bits per heavy atom. The summed E-state index contributed by atoms with van der Waals surface area (Å²) in [6.45, 7) is 5.52. The minimum Gasteiger partial charge on any atom is -0.496 e. The van der Waals surface area contributed by atoms with Gasteiger partial charge in [-0.1, -0.05) is 25.1 Å². The summed E-state index contributed by atoms with van der Waals surface area (Å²) in [4.78, 5) is 43.5. The minimum atomic E-state index is -0.905. The predicted molar refractivity (Wildman–Crippen MR) is 110 cm³/mol. The van der Waals surface area contributed by atoms with Crippen LogP contribution in [0, 0.1) is 17.8 Å². The average Bonchev–Trinajstić information content (AvgIpc) is 2.72. The number of rotatable bonds is 5. The first-order valence-corrected chi connectivity index (χ1v) is 10.0. The van der Waals surface area contributed by atoms with Gasteiger partial charge in [0, 0.05) is 22.9 Å². The third-order valence-electron chi connectivity index (χ3n) is 5.84. The summed E-state index contributed by atoms with van der Waals surface area (Å²) in [6, 6.07) is 7.27. The van der Waals surface area contributed by atoms with Gasteiger partial charge in [-0.2, -0.15) is 0 Å². The lowest BCUT2D eigenvalue weighted by Crippen LogP contribution is -2.48. The van der Waals surface area contributed by atoms with Gasteiger partial charge in [0.2, 0.25) is 0 Å². The highest BCUT2D eigenvalue weighted by molar-refractivity contribution is 6.17. The number of fused-ring (bicyclic) bond motifs is 1. The molecule has 0 spiro atoms. The minimum absolute atomic E-state index is 0.200. The van der Waals surface area contributed by atoms with Crippen molar-refractivity contribution in [2.45, 2.75) is 33.1 Å². The van der Waals surface area contributed by atoms with Crippen LogP contribution in [-0.2, 0) is 23.9 Å². The first-order chi connectivity index (χ1) is 14.3. The Labute approximate surface area is 176 Å². The molecule has 0 unspecified atom stereocenters. The number of Topliss-reactive ketones (excluding diaryl/α,β-unsaturated/α-hetero) is 1. The molecule has 1 fully saturated rings. The van der Waals surface area contributed by atoms with E-state index in [4.69, 9.17) is 14.2 Å². The van der Waals surface area contributed by atoms with Gasteiger partial charge in [-0.15, -0.1) is 0 Å². The lowest BCUT2D eigenvalue weighted by molar-refractivity contribution is -0.152. The Morgan fingerprint density at radius 2 is 1.87 bits per heavy atom. The largest absolute Gasteiger partial charge is 0.496 e. The Hall–Kier alpha value is -2.96. The number of carbonyl (C=O) groups excluding carboxylic acids is 3. The Balaban J connectivity index is 2.22. The summed E-state index contributed by atoms with van der Waals surface area (Å²) in [6.07, 6.45) is 0.468. The van der Waals surface area contributed by atoms with Gasteiger partial charge in [0.25, 0.3) is 0 Å². The lowest BCUT2D eigenvalue weighted by Gasteiger charge is -2.40. The molecule has 3 rings (SSSR count). The number of benzene rings is 1. The van der Waals surface area contributed by atoms with E-state index >= 15 is 0 Å². The fraction of sp³-hybridized carbons (Fsp3) is 0.478. The first kappa shape index (κ1) is 21.7. The van der Waals surface area contributed by atoms with E-state index < -0.39 is 29.7 Å². The molecule has 0 bridgehead atoms. The number of carbonyl (C=O) groups is 3. The van der Waals surface area contributed by atoms with E-state index in [-0.39, 0.29) is 18.3 Å². The molecule has 1 aliphatic carbocycles. The number of methoxy groups -OCH3 is 2. The van der Waals surface area contributed by atoms with Crippen molar-refractivity contribution in [3.8, 4) is 5.75 Å². The summed E-state index contributed by atoms with van der Waals surface area (Å²) in [7, 11) is 2.82. The van der Waals surface area contributed by atoms with Crippen LogP contribution in [0.1, 0.15) is 38.7 Å². The molecule has 1 heterocycles. The average molecular weight is 413 g/mol. The fourth-order valence-corrected chi connectivity index (χ4v) is 4.57. The molecule has 7 nitrogen and oxygen atoms in total. The van der Waals surface area contributed by atoms with Crippen molar-refractivity contribution in [1.29, 1.82) is 0 Å². The Bertz CT molecular complexity index is 931. The number of para-hydroxylation sites is 1. The molecule has 7 heteroatoms. The second kappa shape index (κ2) is 8.81. The first-order valence-electron chi connectivity index (χ1n) is 10.0. The van der Waals surface area contributed by atoms with Crippen molar-refractivity contribution < 1.29 is 28.6 Å². The maximum absolute atomic E-state index is 13.6. The Kier molecular flexibility index (Phi) is 6.39. The molecule has 0 radical (unpaired) electrons. The van der Waals surface area contributed by atoms with Crippen molar-refractivity contribution in [3.63, 3.8) is 0 Å². The second-order valence-corrected chi connectivity index (χ2v) is 7.60. The molecule has 160 valence electrons. The molecule has 4 atom stereocenters. The molecular weight excluding hydrogens is 386 g/mol. The van der Waals surface area contributed by atoms with Crippen LogP contribution >= 0.6 is 0 Å². The highest BCUT2D eigenvalue weighted by atomic mass is 16.5. The van der Waals surface area contributed by atoms with Crippen LogP contribution in [0.4, 0.5) is 0 Å². The van der Waals surface area contributed by atoms with Crippen LogP contribution in [0.25, 0.3) is 0 Å². The normalized spacial score (nSPS) is 25.9. The van der Waals surface area contributed by atoms with Crippen molar-refractivity contribution in [3.05, 3.63) is 41.1 Å². The molecule has 0 N–H and O–H groups in total. The van der Waals surface area contributed by atoms with Crippen molar-refractivity contribution in [2.24, 2.45) is 22.7 Å². The van der Waals surface area contributed by atoms with Gasteiger partial charge in [0.15, 0.2) is 5.78 Å². The van der Waals surface area contributed by atoms with Crippen LogP contribution in [0.3, 0.4) is 0 Å². The summed E-state index contributed by atoms with van der Waals surface area (Å²) in [5.41, 5.74) is 2.20. The van der Waals surface area contributed by atoms with Gasteiger partial charge in [0.05, 0.1) is 32.3 Å². The van der Waals surface area contributed by atoms with E-state index in [2.05, 4.69) is 4.99 Å². The van der Waals surface area contributed by atoms with Gasteiger partial charge in [-0.3, -0.25) is 14.6 Å². The van der Waals surface area contributed by atoms with Crippen molar-refractivity contribution >= 4 is 23.4 Å². The zero-order chi connectivity index (χ0) is 22.0. The summed E-state index contributed by atoms with van der Waals surface area (Å²) in [5, 5.41) is 0. The summed E-state index contributed by atoms with van der Waals surface area (Å²) >= 11 is 0. The molecule has 0 saturated heterocycles. The molecule has 1 saturated carbocycles. The molecular formula is C23H27NO6. The smallest absolute Gasteiger partial charge is 0.336 e. The SMILES string of the molecule is CCOC(=O)C1=C(C)N=C2C[C@@H](C)[C@@H](C(=O)OC)C(=O)[C@H]2[C@H]1c1ccccc1OC. The zero-order valence-corrected chi connectivity index (χ0v) is 17.9. The number of ketones is 1. The lowest BCUT2D eigenvalue weighted by atomic mass is 9.63. The van der Waals surface area contributed by atoms with E-state index in [1.54, 1.807) is 27.0 Å². The highest BCUT2D eigenvalue weighted by Gasteiger charge is 2.51. The van der Waals surface area contributed by atoms with E-state index in [1.165, 1.54) is 7.11 Å².